The van der Waals surface area contributed by atoms with Gasteiger partial charge in [-0.25, -0.2) is 0 Å². The number of hydrogen-bond acceptors (Lipinski definition) is 2. The van der Waals surface area contributed by atoms with Crippen molar-refractivity contribution >= 4 is 38.9 Å². The number of anilines is 1. The first-order chi connectivity index (χ1) is 10.1. The van der Waals surface area contributed by atoms with E-state index in [9.17, 15) is 0 Å². The molecule has 21 heavy (non-hydrogen) atoms. The Labute approximate surface area is 141 Å². The Bertz CT molecular complexity index is 475. The Balaban J connectivity index is 1.59. The Morgan fingerprint density at radius 2 is 2.14 bits per heavy atom. The molecule has 1 aliphatic carbocycles. The number of ether oxygens (including phenoxy) is 1. The lowest BCUT2D eigenvalue weighted by Gasteiger charge is -2.13. The smallest absolute Gasteiger partial charge is 0.170 e. The molecule has 0 saturated heterocycles. The molecule has 0 amide bonds. The summed E-state index contributed by atoms with van der Waals surface area (Å²) < 4.78 is 6.93. The zero-order chi connectivity index (χ0) is 15.1. The third-order valence-corrected chi connectivity index (χ3v) is 4.81. The van der Waals surface area contributed by atoms with Crippen molar-refractivity contribution < 1.29 is 4.74 Å². The predicted octanol–water partition coefficient (Wildman–Crippen LogP) is 4.39. The number of rotatable bonds is 6. The molecule has 0 atom stereocenters. The number of halogens is 1. The van der Waals surface area contributed by atoms with Crippen LogP contribution < -0.4 is 10.6 Å². The summed E-state index contributed by atoms with van der Waals surface area (Å²) in [6.45, 7) is 3.72. The van der Waals surface area contributed by atoms with Gasteiger partial charge in [0, 0.05) is 23.3 Å². The molecule has 1 fully saturated rings. The van der Waals surface area contributed by atoms with Gasteiger partial charge in [-0.2, -0.15) is 0 Å². The van der Waals surface area contributed by atoms with Crippen LogP contribution in [0, 0.1) is 6.92 Å². The third kappa shape index (κ3) is 5.93. The first-order valence-electron chi connectivity index (χ1n) is 7.58. The molecule has 2 rings (SSSR count). The predicted molar refractivity (Wildman–Crippen MR) is 95.9 cm³/mol. The molecule has 0 aromatic heterocycles. The summed E-state index contributed by atoms with van der Waals surface area (Å²) in [6.07, 6.45) is 6.60. The Hall–Kier alpha value is -0.650. The van der Waals surface area contributed by atoms with Gasteiger partial charge >= 0.3 is 0 Å². The van der Waals surface area contributed by atoms with E-state index < -0.39 is 0 Å². The van der Waals surface area contributed by atoms with Gasteiger partial charge in [-0.3, -0.25) is 0 Å². The van der Waals surface area contributed by atoms with E-state index >= 15 is 0 Å². The van der Waals surface area contributed by atoms with E-state index in [-0.39, 0.29) is 0 Å². The van der Waals surface area contributed by atoms with Crippen LogP contribution in [0.4, 0.5) is 5.69 Å². The van der Waals surface area contributed by atoms with Gasteiger partial charge in [-0.1, -0.05) is 28.8 Å². The fourth-order valence-electron chi connectivity index (χ4n) is 2.48. The summed E-state index contributed by atoms with van der Waals surface area (Å²) in [5.41, 5.74) is 2.20. The molecule has 0 bridgehead atoms. The fraction of sp³-hybridized carbons (Fsp3) is 0.562. The van der Waals surface area contributed by atoms with Gasteiger partial charge in [0.2, 0.25) is 0 Å². The highest BCUT2D eigenvalue weighted by Gasteiger charge is 2.14. The lowest BCUT2D eigenvalue weighted by molar-refractivity contribution is 0.0574. The van der Waals surface area contributed by atoms with Gasteiger partial charge in [0.25, 0.3) is 0 Å². The van der Waals surface area contributed by atoms with E-state index in [1.54, 1.807) is 0 Å². The summed E-state index contributed by atoms with van der Waals surface area (Å²) in [4.78, 5) is 0. The number of aryl methyl sites for hydroxylation is 1. The number of hydrogen-bond donors (Lipinski definition) is 2. The normalized spacial score (nSPS) is 15.1. The van der Waals surface area contributed by atoms with Crippen molar-refractivity contribution in [3.05, 3.63) is 28.2 Å². The number of nitrogens with one attached hydrogen (secondary N) is 2. The molecule has 5 heteroatoms. The van der Waals surface area contributed by atoms with Gasteiger partial charge < -0.3 is 15.4 Å². The molecule has 1 aromatic carbocycles. The van der Waals surface area contributed by atoms with Gasteiger partial charge in [-0.05, 0) is 62.2 Å². The van der Waals surface area contributed by atoms with E-state index in [1.165, 1.54) is 31.2 Å². The van der Waals surface area contributed by atoms with E-state index in [4.69, 9.17) is 17.0 Å². The van der Waals surface area contributed by atoms with E-state index in [1.807, 2.05) is 12.1 Å². The minimum absolute atomic E-state index is 0.501. The second-order valence-electron chi connectivity index (χ2n) is 5.48. The van der Waals surface area contributed by atoms with Crippen molar-refractivity contribution in [1.29, 1.82) is 0 Å². The maximum atomic E-state index is 5.82. The molecule has 116 valence electrons. The Morgan fingerprint density at radius 1 is 1.38 bits per heavy atom. The minimum Gasteiger partial charge on any atom is -0.378 e. The first-order valence-corrected chi connectivity index (χ1v) is 8.78. The van der Waals surface area contributed by atoms with Crippen LogP contribution in [0.15, 0.2) is 22.7 Å². The van der Waals surface area contributed by atoms with Crippen LogP contribution in [0.2, 0.25) is 0 Å². The molecule has 1 saturated carbocycles. The summed E-state index contributed by atoms with van der Waals surface area (Å²) in [5.74, 6) is 0. The maximum Gasteiger partial charge on any atom is 0.170 e. The lowest BCUT2D eigenvalue weighted by atomic mass is 10.2. The number of benzene rings is 1. The van der Waals surface area contributed by atoms with Gasteiger partial charge in [0.05, 0.1) is 6.10 Å². The zero-order valence-corrected chi connectivity index (χ0v) is 14.9. The fourth-order valence-corrected chi connectivity index (χ4v) is 2.94. The topological polar surface area (TPSA) is 33.3 Å². The summed E-state index contributed by atoms with van der Waals surface area (Å²) in [6, 6.07) is 6.10. The summed E-state index contributed by atoms with van der Waals surface area (Å²) in [7, 11) is 0. The van der Waals surface area contributed by atoms with Crippen molar-refractivity contribution in [2.75, 3.05) is 18.5 Å². The van der Waals surface area contributed by atoms with Crippen molar-refractivity contribution in [3.8, 4) is 0 Å². The first kappa shape index (κ1) is 16.7. The molecule has 1 aliphatic rings. The molecule has 0 radical (unpaired) electrons. The second kappa shape index (κ2) is 8.71. The van der Waals surface area contributed by atoms with E-state index in [2.05, 4.69) is 39.6 Å². The van der Waals surface area contributed by atoms with Crippen molar-refractivity contribution in [1.82, 2.24) is 5.32 Å². The SMILES string of the molecule is Cc1cc(NC(=S)NCCCOC2CCCC2)ccc1Br. The molecule has 0 spiro atoms. The average Bonchev–Trinajstić information content (AvgIpc) is 2.96. The highest BCUT2D eigenvalue weighted by atomic mass is 79.9. The van der Waals surface area contributed by atoms with Crippen LogP contribution in [-0.2, 0) is 4.74 Å². The maximum absolute atomic E-state index is 5.82. The van der Waals surface area contributed by atoms with Crippen molar-refractivity contribution in [2.45, 2.75) is 45.1 Å². The Kier molecular flexibility index (Phi) is 6.93. The molecular formula is C16H23BrN2OS. The van der Waals surface area contributed by atoms with Crippen LogP contribution in [-0.4, -0.2) is 24.4 Å². The molecule has 2 N–H and O–H groups in total. The van der Waals surface area contributed by atoms with E-state index in [0.29, 0.717) is 11.2 Å². The van der Waals surface area contributed by atoms with E-state index in [0.717, 1.165) is 29.7 Å². The molecule has 0 unspecified atom stereocenters. The third-order valence-electron chi connectivity index (χ3n) is 3.68. The highest BCUT2D eigenvalue weighted by molar-refractivity contribution is 9.10. The average molecular weight is 371 g/mol. The van der Waals surface area contributed by atoms with Crippen LogP contribution in [0.5, 0.6) is 0 Å². The molecule has 3 nitrogen and oxygen atoms in total. The van der Waals surface area contributed by atoms with Gasteiger partial charge in [0.1, 0.15) is 0 Å². The standard InChI is InChI=1S/C16H23BrN2OS/c1-12-11-13(7-8-15(12)17)19-16(21)18-9-4-10-20-14-5-2-3-6-14/h7-8,11,14H,2-6,9-10H2,1H3,(H2,18,19,21). The van der Waals surface area contributed by atoms with Crippen LogP contribution in [0.25, 0.3) is 0 Å². The Morgan fingerprint density at radius 3 is 2.86 bits per heavy atom. The molecule has 1 aromatic rings. The largest absolute Gasteiger partial charge is 0.378 e. The van der Waals surface area contributed by atoms with Crippen LogP contribution >= 0.6 is 28.1 Å². The highest BCUT2D eigenvalue weighted by Crippen LogP contribution is 2.21. The number of thiocarbonyl (C=S) groups is 1. The molecule has 0 heterocycles. The minimum atomic E-state index is 0.501. The molecular weight excluding hydrogens is 348 g/mol. The van der Waals surface area contributed by atoms with Gasteiger partial charge in [-0.15, -0.1) is 0 Å². The lowest BCUT2D eigenvalue weighted by Crippen LogP contribution is -2.30. The molecule has 0 aliphatic heterocycles. The monoisotopic (exact) mass is 370 g/mol. The summed E-state index contributed by atoms with van der Waals surface area (Å²) in [5, 5.41) is 7.08. The van der Waals surface area contributed by atoms with Crippen LogP contribution in [0.1, 0.15) is 37.7 Å². The second-order valence-corrected chi connectivity index (χ2v) is 6.74. The van der Waals surface area contributed by atoms with Crippen molar-refractivity contribution in [2.24, 2.45) is 0 Å². The zero-order valence-electron chi connectivity index (χ0n) is 12.5. The van der Waals surface area contributed by atoms with Gasteiger partial charge in [0.15, 0.2) is 5.11 Å². The van der Waals surface area contributed by atoms with Crippen molar-refractivity contribution in [3.63, 3.8) is 0 Å². The quantitative estimate of drug-likeness (QED) is 0.574. The van der Waals surface area contributed by atoms with Crippen LogP contribution in [0.3, 0.4) is 0 Å². The summed E-state index contributed by atoms with van der Waals surface area (Å²) >= 11 is 8.79.